The van der Waals surface area contributed by atoms with Crippen LogP contribution in [-0.2, 0) is 12.8 Å². The Hall–Kier alpha value is -1.80. The zero-order valence-electron chi connectivity index (χ0n) is 21.0. The van der Waals surface area contributed by atoms with Gasteiger partial charge < -0.3 is 30.6 Å². The summed E-state index contributed by atoms with van der Waals surface area (Å²) in [6.45, 7) is 9.41. The van der Waals surface area contributed by atoms with Gasteiger partial charge in [-0.05, 0) is 69.9 Å². The third-order valence-corrected chi connectivity index (χ3v) is 6.72. The molecular formula is C28H42O6. The standard InChI is InChI=1S/C28H42O6/c1-16-8-17(2)11-21(10-16)7-6-20(5)23(14-22-12-18(3)9-19(4)13-22)25(31)27(33)28(34)26(32)24(30)15-29/h8-13,20,23-34H,6-7,14-15H2,1-5H3/t20?,23?,24-,25?,26+,27+,28-/m0/s1. The highest BCUT2D eigenvalue weighted by atomic mass is 16.4. The van der Waals surface area contributed by atoms with Crippen molar-refractivity contribution in [2.24, 2.45) is 11.8 Å². The van der Waals surface area contributed by atoms with Gasteiger partial charge in [-0.25, -0.2) is 0 Å². The minimum Gasteiger partial charge on any atom is -0.394 e. The van der Waals surface area contributed by atoms with Gasteiger partial charge in [-0.3, -0.25) is 0 Å². The van der Waals surface area contributed by atoms with E-state index in [1.807, 2.05) is 20.8 Å². The SMILES string of the molecule is Cc1cc(C)cc(CCC(C)C(Cc2cc(C)cc(C)c2)C(O)[C@@H](O)[C@@H](O)[C@H](O)[C@@H](O)CO)c1. The van der Waals surface area contributed by atoms with E-state index in [1.54, 1.807) is 0 Å². The van der Waals surface area contributed by atoms with Gasteiger partial charge in [0.2, 0.25) is 0 Å². The summed E-state index contributed by atoms with van der Waals surface area (Å²) in [5.41, 5.74) is 6.85. The summed E-state index contributed by atoms with van der Waals surface area (Å²) in [6, 6.07) is 12.6. The average Bonchev–Trinajstić information content (AvgIpc) is 2.77. The molecule has 2 rings (SSSR count). The van der Waals surface area contributed by atoms with E-state index in [9.17, 15) is 25.5 Å². The van der Waals surface area contributed by atoms with E-state index < -0.39 is 43.0 Å². The van der Waals surface area contributed by atoms with Gasteiger partial charge in [0.25, 0.3) is 0 Å². The second-order valence-corrected chi connectivity index (χ2v) is 10.1. The lowest BCUT2D eigenvalue weighted by molar-refractivity contribution is -0.152. The van der Waals surface area contributed by atoms with Crippen LogP contribution in [0.1, 0.15) is 46.7 Å². The molecule has 6 nitrogen and oxygen atoms in total. The molecule has 190 valence electrons. The molecule has 0 aliphatic heterocycles. The second kappa shape index (κ2) is 12.8. The first-order chi connectivity index (χ1) is 15.9. The molecule has 0 saturated heterocycles. The van der Waals surface area contributed by atoms with E-state index in [0.717, 1.165) is 29.5 Å². The van der Waals surface area contributed by atoms with Crippen molar-refractivity contribution >= 4 is 0 Å². The molecule has 0 fully saturated rings. The van der Waals surface area contributed by atoms with Crippen molar-refractivity contribution in [2.45, 2.75) is 84.4 Å². The van der Waals surface area contributed by atoms with E-state index >= 15 is 0 Å². The minimum absolute atomic E-state index is 0.0154. The fourth-order valence-electron chi connectivity index (χ4n) is 4.93. The van der Waals surface area contributed by atoms with E-state index in [1.165, 1.54) is 16.7 Å². The predicted molar refractivity (Wildman–Crippen MR) is 134 cm³/mol. The van der Waals surface area contributed by atoms with Gasteiger partial charge in [0.05, 0.1) is 12.7 Å². The molecule has 0 heterocycles. The Morgan fingerprint density at radius 3 is 1.53 bits per heavy atom. The van der Waals surface area contributed by atoms with E-state index in [-0.39, 0.29) is 5.92 Å². The van der Waals surface area contributed by atoms with Crippen LogP contribution >= 0.6 is 0 Å². The Balaban J connectivity index is 2.26. The van der Waals surface area contributed by atoms with Crippen molar-refractivity contribution in [3.8, 4) is 0 Å². The Bertz CT molecular complexity index is 873. The molecular weight excluding hydrogens is 432 g/mol. The minimum atomic E-state index is -1.80. The second-order valence-electron chi connectivity index (χ2n) is 10.1. The smallest absolute Gasteiger partial charge is 0.111 e. The Kier molecular flexibility index (Phi) is 10.7. The topological polar surface area (TPSA) is 121 Å². The van der Waals surface area contributed by atoms with Crippen LogP contribution in [0.15, 0.2) is 36.4 Å². The number of aliphatic hydroxyl groups is 6. The van der Waals surface area contributed by atoms with Crippen LogP contribution in [0, 0.1) is 39.5 Å². The van der Waals surface area contributed by atoms with Crippen LogP contribution in [0.4, 0.5) is 0 Å². The number of aliphatic hydroxyl groups excluding tert-OH is 6. The summed E-state index contributed by atoms with van der Waals surface area (Å²) in [6.07, 6.45) is -6.16. The molecule has 0 aliphatic rings. The maximum absolute atomic E-state index is 11.1. The predicted octanol–water partition coefficient (Wildman–Crippen LogP) is 2.14. The van der Waals surface area contributed by atoms with E-state index in [4.69, 9.17) is 5.11 Å². The average molecular weight is 475 g/mol. The molecule has 0 radical (unpaired) electrons. The van der Waals surface area contributed by atoms with Crippen molar-refractivity contribution in [3.05, 3.63) is 69.8 Å². The number of rotatable bonds is 12. The summed E-state index contributed by atoms with van der Waals surface area (Å²) in [5, 5.41) is 61.0. The fourth-order valence-corrected chi connectivity index (χ4v) is 4.93. The van der Waals surface area contributed by atoms with Gasteiger partial charge in [0.1, 0.15) is 24.4 Å². The molecule has 2 aromatic carbocycles. The van der Waals surface area contributed by atoms with Crippen molar-refractivity contribution in [1.29, 1.82) is 0 Å². The first kappa shape index (κ1) is 28.4. The van der Waals surface area contributed by atoms with Crippen molar-refractivity contribution in [2.75, 3.05) is 6.61 Å². The molecule has 6 heteroatoms. The van der Waals surface area contributed by atoms with Gasteiger partial charge >= 0.3 is 0 Å². The van der Waals surface area contributed by atoms with Gasteiger partial charge in [-0.15, -0.1) is 0 Å². The first-order valence-corrected chi connectivity index (χ1v) is 12.1. The lowest BCUT2D eigenvalue weighted by atomic mass is 9.77. The largest absolute Gasteiger partial charge is 0.394 e. The summed E-state index contributed by atoms with van der Waals surface area (Å²) in [7, 11) is 0. The molecule has 0 bridgehead atoms. The zero-order chi connectivity index (χ0) is 25.6. The van der Waals surface area contributed by atoms with Gasteiger partial charge in [-0.1, -0.05) is 65.6 Å². The number of hydrogen-bond acceptors (Lipinski definition) is 6. The van der Waals surface area contributed by atoms with Gasteiger partial charge in [0.15, 0.2) is 0 Å². The summed E-state index contributed by atoms with van der Waals surface area (Å²) >= 11 is 0. The van der Waals surface area contributed by atoms with Crippen molar-refractivity contribution in [1.82, 2.24) is 0 Å². The lowest BCUT2D eigenvalue weighted by Crippen LogP contribution is -2.52. The van der Waals surface area contributed by atoms with Crippen molar-refractivity contribution in [3.63, 3.8) is 0 Å². The van der Waals surface area contributed by atoms with Crippen LogP contribution in [0.2, 0.25) is 0 Å². The molecule has 6 N–H and O–H groups in total. The Labute approximate surface area is 203 Å². The molecule has 0 aromatic heterocycles. The van der Waals surface area contributed by atoms with E-state index in [0.29, 0.717) is 6.42 Å². The molecule has 0 amide bonds. The Morgan fingerprint density at radius 1 is 0.618 bits per heavy atom. The normalized spacial score (nSPS) is 18.1. The van der Waals surface area contributed by atoms with Crippen LogP contribution in [0.3, 0.4) is 0 Å². The number of aryl methyl sites for hydroxylation is 5. The highest BCUT2D eigenvalue weighted by Gasteiger charge is 2.39. The van der Waals surface area contributed by atoms with Crippen molar-refractivity contribution < 1.29 is 30.6 Å². The first-order valence-electron chi connectivity index (χ1n) is 12.1. The Morgan fingerprint density at radius 2 is 1.06 bits per heavy atom. The van der Waals surface area contributed by atoms with E-state index in [2.05, 4.69) is 50.2 Å². The molecule has 0 saturated carbocycles. The van der Waals surface area contributed by atoms with Crippen LogP contribution in [0.5, 0.6) is 0 Å². The number of benzene rings is 2. The molecule has 0 spiro atoms. The number of hydrogen-bond donors (Lipinski definition) is 6. The summed E-state index contributed by atoms with van der Waals surface area (Å²) in [5.74, 6) is -0.423. The molecule has 2 aromatic rings. The monoisotopic (exact) mass is 474 g/mol. The maximum atomic E-state index is 11.1. The molecule has 7 atom stereocenters. The fraction of sp³-hybridized carbons (Fsp3) is 0.571. The van der Waals surface area contributed by atoms with Gasteiger partial charge in [0, 0.05) is 0 Å². The molecule has 34 heavy (non-hydrogen) atoms. The van der Waals surface area contributed by atoms with Crippen LogP contribution < -0.4 is 0 Å². The maximum Gasteiger partial charge on any atom is 0.111 e. The van der Waals surface area contributed by atoms with Crippen LogP contribution in [-0.4, -0.2) is 67.8 Å². The lowest BCUT2D eigenvalue weighted by Gasteiger charge is -2.35. The molecule has 0 aliphatic carbocycles. The van der Waals surface area contributed by atoms with Crippen LogP contribution in [0.25, 0.3) is 0 Å². The quantitative estimate of drug-likeness (QED) is 0.280. The summed E-state index contributed by atoms with van der Waals surface area (Å²) in [4.78, 5) is 0. The molecule has 3 unspecified atom stereocenters. The summed E-state index contributed by atoms with van der Waals surface area (Å²) < 4.78 is 0. The third kappa shape index (κ3) is 7.87. The highest BCUT2D eigenvalue weighted by molar-refractivity contribution is 5.30. The van der Waals surface area contributed by atoms with Gasteiger partial charge in [-0.2, -0.15) is 0 Å². The zero-order valence-corrected chi connectivity index (χ0v) is 21.0. The highest BCUT2D eigenvalue weighted by Crippen LogP contribution is 2.29. The third-order valence-electron chi connectivity index (χ3n) is 6.72.